The third-order valence-corrected chi connectivity index (χ3v) is 5.77. The third kappa shape index (κ3) is 3.81. The highest BCUT2D eigenvalue weighted by molar-refractivity contribution is 6.52. The Balaban J connectivity index is 2.00. The summed E-state index contributed by atoms with van der Waals surface area (Å²) in [5.41, 5.74) is -5.77. The molecule has 14 heteroatoms. The first-order valence-corrected chi connectivity index (χ1v) is 9.18. The third-order valence-electron chi connectivity index (χ3n) is 5.77. The second kappa shape index (κ2) is 6.83. The molecule has 0 aromatic carbocycles. The van der Waals surface area contributed by atoms with Gasteiger partial charge in [0.15, 0.2) is 0 Å². The number of aromatic nitrogens is 1. The Morgan fingerprint density at radius 1 is 1.00 bits per heavy atom. The van der Waals surface area contributed by atoms with Crippen LogP contribution in [0.4, 0.5) is 40.9 Å². The largest absolute Gasteiger partial charge is 0.468 e. The Morgan fingerprint density at radius 2 is 1.52 bits per heavy atom. The highest BCUT2D eigenvalue weighted by Gasteiger charge is 2.64. The minimum absolute atomic E-state index is 0.196. The summed E-state index contributed by atoms with van der Waals surface area (Å²) >= 11 is 0. The van der Waals surface area contributed by atoms with Gasteiger partial charge < -0.3 is 13.9 Å². The highest BCUT2D eigenvalue weighted by Crippen LogP contribution is 2.53. The lowest BCUT2D eigenvalue weighted by Gasteiger charge is -2.32. The topological polar surface area (TPSA) is 39.0 Å². The fourth-order valence-electron chi connectivity index (χ4n) is 3.41. The van der Waals surface area contributed by atoms with Crippen molar-refractivity contribution in [1.82, 2.24) is 4.57 Å². The fraction of sp³-hybridized carbons (Fsp3) is 0.706. The number of hydrazone groups is 1. The maximum absolute atomic E-state index is 14.2. The molecule has 0 amide bonds. The number of anilines is 1. The van der Waals surface area contributed by atoms with Crippen LogP contribution in [-0.4, -0.2) is 41.8 Å². The molecule has 1 aromatic heterocycles. The van der Waals surface area contributed by atoms with Gasteiger partial charge in [0.1, 0.15) is 5.82 Å². The monoisotopic (exact) mass is 461 g/mol. The van der Waals surface area contributed by atoms with Crippen LogP contribution in [0.15, 0.2) is 11.3 Å². The van der Waals surface area contributed by atoms with E-state index in [9.17, 15) is 35.1 Å². The maximum atomic E-state index is 14.2. The molecule has 3 heterocycles. The van der Waals surface area contributed by atoms with Gasteiger partial charge in [0.2, 0.25) is 0 Å². The summed E-state index contributed by atoms with van der Waals surface area (Å²) < 4.78 is 120. The Hall–Kier alpha value is -1.83. The average Bonchev–Trinajstić information content (AvgIpc) is 3.20. The van der Waals surface area contributed by atoms with Crippen molar-refractivity contribution in [2.75, 3.05) is 11.6 Å². The van der Waals surface area contributed by atoms with Crippen LogP contribution in [0.3, 0.4) is 0 Å². The van der Waals surface area contributed by atoms with Crippen molar-refractivity contribution in [3.63, 3.8) is 0 Å². The summed E-state index contributed by atoms with van der Waals surface area (Å²) in [7, 11) is 0.0331. The quantitative estimate of drug-likeness (QED) is 0.472. The number of halogens is 8. The Morgan fingerprint density at radius 3 is 1.97 bits per heavy atom. The lowest BCUT2D eigenvalue weighted by Crippen LogP contribution is -2.41. The molecule has 0 saturated carbocycles. The van der Waals surface area contributed by atoms with E-state index in [0.717, 1.165) is 7.05 Å². The van der Waals surface area contributed by atoms with E-state index < -0.39 is 59.4 Å². The number of alkyl halides is 8. The molecule has 1 aromatic rings. The van der Waals surface area contributed by atoms with Crippen molar-refractivity contribution in [2.45, 2.75) is 63.0 Å². The standard InChI is InChI=1S/C17H20BF8N3O2/c1-13(2)14(3,4)31-18(30-13)9-6-27-29(7-9)12-11(15(19,20)17(24,25)26)10(8-28(12)5)16(21,22)23/h6,8-9H,7H2,1-5H3. The van der Waals surface area contributed by atoms with Crippen LogP contribution >= 0.6 is 0 Å². The SMILES string of the molecule is Cn1cc(C(F)(F)F)c(C(F)(F)C(F)(F)F)c1N1CC(B2OC(C)(C)C(C)(C)O2)C=N1. The van der Waals surface area contributed by atoms with Crippen molar-refractivity contribution < 1.29 is 44.4 Å². The normalized spacial score (nSPS) is 23.8. The lowest BCUT2D eigenvalue weighted by molar-refractivity contribution is -0.290. The van der Waals surface area contributed by atoms with Crippen LogP contribution in [0.1, 0.15) is 38.8 Å². The molecule has 31 heavy (non-hydrogen) atoms. The summed E-state index contributed by atoms with van der Waals surface area (Å²) in [5.74, 6) is -7.48. The zero-order valence-electron chi connectivity index (χ0n) is 17.2. The van der Waals surface area contributed by atoms with Gasteiger partial charge in [-0.2, -0.15) is 40.2 Å². The zero-order chi connectivity index (χ0) is 23.8. The number of aryl methyl sites for hydroxylation is 1. The first kappa shape index (κ1) is 23.8. The predicted octanol–water partition coefficient (Wildman–Crippen LogP) is 4.97. The Kier molecular flexibility index (Phi) is 5.25. The van der Waals surface area contributed by atoms with E-state index in [2.05, 4.69) is 5.10 Å². The van der Waals surface area contributed by atoms with E-state index in [0.29, 0.717) is 9.58 Å². The van der Waals surface area contributed by atoms with Gasteiger partial charge in [-0.05, 0) is 27.7 Å². The van der Waals surface area contributed by atoms with Crippen molar-refractivity contribution >= 4 is 19.2 Å². The molecular weight excluding hydrogens is 441 g/mol. The summed E-state index contributed by atoms with van der Waals surface area (Å²) in [5, 5.41) is 4.48. The molecule has 5 nitrogen and oxygen atoms in total. The Bertz CT molecular complexity index is 875. The van der Waals surface area contributed by atoms with E-state index in [-0.39, 0.29) is 12.7 Å². The molecule has 2 aliphatic rings. The first-order chi connectivity index (χ1) is 13.8. The van der Waals surface area contributed by atoms with Crippen LogP contribution < -0.4 is 5.01 Å². The van der Waals surface area contributed by atoms with Crippen LogP contribution in [-0.2, 0) is 28.5 Å². The number of hydrogen-bond donors (Lipinski definition) is 0. The summed E-state index contributed by atoms with van der Waals surface area (Å²) in [4.78, 5) is 0. The van der Waals surface area contributed by atoms with E-state index in [1.807, 2.05) is 0 Å². The van der Waals surface area contributed by atoms with Crippen molar-refractivity contribution in [3.8, 4) is 0 Å². The van der Waals surface area contributed by atoms with E-state index in [4.69, 9.17) is 9.31 Å². The van der Waals surface area contributed by atoms with Crippen molar-refractivity contribution in [3.05, 3.63) is 17.3 Å². The molecule has 0 spiro atoms. The number of nitrogens with zero attached hydrogens (tertiary/aromatic N) is 3. The van der Waals surface area contributed by atoms with E-state index in [1.54, 1.807) is 27.7 Å². The van der Waals surface area contributed by atoms with Gasteiger partial charge in [-0.1, -0.05) is 0 Å². The lowest BCUT2D eigenvalue weighted by atomic mass is 9.73. The molecule has 0 bridgehead atoms. The summed E-state index contributed by atoms with van der Waals surface area (Å²) in [6.07, 6.45) is -10.3. The second-order valence-corrected chi connectivity index (χ2v) is 8.56. The van der Waals surface area contributed by atoms with Gasteiger partial charge in [0.25, 0.3) is 0 Å². The molecule has 1 saturated heterocycles. The van der Waals surface area contributed by atoms with Crippen LogP contribution in [0.2, 0.25) is 5.82 Å². The zero-order valence-corrected chi connectivity index (χ0v) is 17.2. The number of rotatable bonds is 3. The van der Waals surface area contributed by atoms with Crippen molar-refractivity contribution in [1.29, 1.82) is 0 Å². The van der Waals surface area contributed by atoms with E-state index in [1.165, 1.54) is 6.21 Å². The van der Waals surface area contributed by atoms with Gasteiger partial charge in [-0.3, -0.25) is 0 Å². The molecule has 0 aliphatic carbocycles. The number of hydrogen-bond acceptors (Lipinski definition) is 4. The highest BCUT2D eigenvalue weighted by atomic mass is 19.4. The fourth-order valence-corrected chi connectivity index (χ4v) is 3.41. The maximum Gasteiger partial charge on any atom is 0.468 e. The van der Waals surface area contributed by atoms with Crippen LogP contribution in [0.25, 0.3) is 0 Å². The smallest absolute Gasteiger partial charge is 0.403 e. The molecule has 1 atom stereocenters. The molecule has 0 radical (unpaired) electrons. The Labute approximate surface area is 173 Å². The molecule has 174 valence electrons. The van der Waals surface area contributed by atoms with Crippen LogP contribution in [0.5, 0.6) is 0 Å². The van der Waals surface area contributed by atoms with Gasteiger partial charge in [0.05, 0.1) is 28.1 Å². The van der Waals surface area contributed by atoms with E-state index >= 15 is 0 Å². The molecule has 2 aliphatic heterocycles. The second-order valence-electron chi connectivity index (χ2n) is 8.56. The predicted molar refractivity (Wildman–Crippen MR) is 96.0 cm³/mol. The minimum Gasteiger partial charge on any atom is -0.403 e. The van der Waals surface area contributed by atoms with Gasteiger partial charge in [-0.15, -0.1) is 0 Å². The molecular formula is C17H20BF8N3O2. The molecule has 0 N–H and O–H groups in total. The first-order valence-electron chi connectivity index (χ1n) is 9.18. The molecule has 1 fully saturated rings. The summed E-state index contributed by atoms with van der Waals surface area (Å²) in [6.45, 7) is 6.71. The summed E-state index contributed by atoms with van der Waals surface area (Å²) in [6, 6.07) is 0. The van der Waals surface area contributed by atoms with Gasteiger partial charge in [0, 0.05) is 26.0 Å². The van der Waals surface area contributed by atoms with Gasteiger partial charge >= 0.3 is 25.4 Å². The molecule has 1 unspecified atom stereocenters. The van der Waals surface area contributed by atoms with Crippen LogP contribution in [0, 0.1) is 0 Å². The molecule has 3 rings (SSSR count). The van der Waals surface area contributed by atoms with Crippen molar-refractivity contribution in [2.24, 2.45) is 12.1 Å². The average molecular weight is 461 g/mol. The van der Waals surface area contributed by atoms with Gasteiger partial charge in [-0.25, -0.2) is 5.01 Å². The minimum atomic E-state index is -6.24.